The predicted octanol–water partition coefficient (Wildman–Crippen LogP) is 6.41. The molecule has 13 nitrogen and oxygen atoms in total. The third kappa shape index (κ3) is 9.33. The number of carbonyl (C=O) groups excluding carboxylic acids is 3. The van der Waals surface area contributed by atoms with Crippen molar-refractivity contribution in [1.82, 2.24) is 14.1 Å². The molecule has 3 atom stereocenters. The van der Waals surface area contributed by atoms with Crippen LogP contribution in [0.4, 0.5) is 4.39 Å². The van der Waals surface area contributed by atoms with Gasteiger partial charge in [-0.3, -0.25) is 14.2 Å². The summed E-state index contributed by atoms with van der Waals surface area (Å²) in [5.41, 5.74) is -1.10. The van der Waals surface area contributed by atoms with Crippen LogP contribution < -0.4 is 20.7 Å². The van der Waals surface area contributed by atoms with Crippen LogP contribution >= 0.6 is 11.6 Å². The molecule has 1 fully saturated rings. The molecular formula is C43H33ClFN3O10. The zero-order chi connectivity index (χ0) is 40.6. The van der Waals surface area contributed by atoms with Crippen molar-refractivity contribution < 1.29 is 42.5 Å². The zero-order valence-corrected chi connectivity index (χ0v) is 31.2. The number of carbonyl (C=O) groups is 3. The topological polar surface area (TPSA) is 154 Å². The summed E-state index contributed by atoms with van der Waals surface area (Å²) < 4.78 is 45.3. The Morgan fingerprint density at radius 3 is 2.10 bits per heavy atom. The van der Waals surface area contributed by atoms with Gasteiger partial charge >= 0.3 is 17.6 Å². The third-order valence-corrected chi connectivity index (χ3v) is 9.30. The van der Waals surface area contributed by atoms with Crippen LogP contribution in [0.25, 0.3) is 0 Å². The number of benzene rings is 4. The number of pyridine rings is 1. The Labute approximate surface area is 334 Å². The summed E-state index contributed by atoms with van der Waals surface area (Å²) in [7, 11) is 0. The van der Waals surface area contributed by atoms with Crippen LogP contribution in [0.5, 0.6) is 11.6 Å². The minimum atomic E-state index is -1.50. The van der Waals surface area contributed by atoms with Crippen LogP contribution in [-0.4, -0.2) is 50.8 Å². The Hall–Kier alpha value is -6.58. The fourth-order valence-electron chi connectivity index (χ4n) is 6.10. The fourth-order valence-corrected chi connectivity index (χ4v) is 6.24. The zero-order valence-electron chi connectivity index (χ0n) is 30.4. The van der Waals surface area contributed by atoms with Gasteiger partial charge in [0.05, 0.1) is 49.4 Å². The summed E-state index contributed by atoms with van der Waals surface area (Å²) in [6, 6.07) is 33.0. The number of nitrogens with zero attached hydrogens (tertiary/aromatic N) is 3. The lowest BCUT2D eigenvalue weighted by molar-refractivity contribution is -0.0834. The molecule has 0 spiro atoms. The maximum atomic E-state index is 15.3. The van der Waals surface area contributed by atoms with E-state index < -0.39 is 53.3 Å². The maximum Gasteiger partial charge on any atom is 0.344 e. The first kappa shape index (κ1) is 39.6. The largest absolute Gasteiger partial charge is 0.421 e. The summed E-state index contributed by atoms with van der Waals surface area (Å²) in [4.78, 5) is 70.4. The van der Waals surface area contributed by atoms with E-state index in [1.165, 1.54) is 18.2 Å². The Kier molecular flexibility index (Phi) is 12.4. The summed E-state index contributed by atoms with van der Waals surface area (Å²) in [5, 5.41) is -0.0342. The second-order valence-electron chi connectivity index (χ2n) is 13.0. The molecule has 0 N–H and O–H groups in total. The Bertz CT molecular complexity index is 2550. The molecule has 0 unspecified atom stereocenters. The average molecular weight is 806 g/mol. The number of hydrogen-bond donors (Lipinski definition) is 0. The SMILES string of the molecule is O=C(Oc1cc(OC(=O)c2ccccc2)c(Cl)cn1)c1cccc(C(=O)n2c(=O)c(F)cn([C@H]3C[C@H](OCc4ccccc4)[C@@H](COCc4ccccc4)O3)c2=O)c1. The highest BCUT2D eigenvalue weighted by Gasteiger charge is 2.39. The van der Waals surface area contributed by atoms with Crippen molar-refractivity contribution in [3.05, 3.63) is 193 Å². The standard InChI is InChI=1S/C43H33ClFN3O10/c44-32-22-46-37(20-34(32)57-41(51)29-15-8-3-9-16-29)58-42(52)31-18-10-17-30(19-31)39(49)48-40(50)33(45)23-47(43(48)53)38-21-35(55-25-28-13-6-2-7-14-28)36(56-38)26-54-24-27-11-4-1-5-12-27/h1-20,22-23,35-36,38H,21,24-26H2/t35-,36+,38+/m0/s1. The van der Waals surface area contributed by atoms with Gasteiger partial charge in [-0.1, -0.05) is 96.5 Å². The van der Waals surface area contributed by atoms with E-state index in [1.807, 2.05) is 60.7 Å². The smallest absolute Gasteiger partial charge is 0.344 e. The highest BCUT2D eigenvalue weighted by atomic mass is 35.5. The van der Waals surface area contributed by atoms with Crippen LogP contribution in [0.2, 0.25) is 5.02 Å². The number of esters is 2. The summed E-state index contributed by atoms with van der Waals surface area (Å²) in [6.45, 7) is 0.557. The van der Waals surface area contributed by atoms with Crippen LogP contribution in [0, 0.1) is 5.82 Å². The lowest BCUT2D eigenvalue weighted by Gasteiger charge is -2.19. The quantitative estimate of drug-likeness (QED) is 0.119. The molecule has 2 aromatic heterocycles. The first-order valence-electron chi connectivity index (χ1n) is 17.9. The molecule has 3 heterocycles. The lowest BCUT2D eigenvalue weighted by Crippen LogP contribution is -2.46. The Balaban J connectivity index is 1.09. The van der Waals surface area contributed by atoms with E-state index in [0.29, 0.717) is 6.20 Å². The number of halogens is 2. The molecule has 58 heavy (non-hydrogen) atoms. The summed E-state index contributed by atoms with van der Waals surface area (Å²) in [6.07, 6.45) is -0.586. The van der Waals surface area contributed by atoms with Crippen LogP contribution in [-0.2, 0) is 27.4 Å². The normalized spacial score (nSPS) is 16.1. The second-order valence-corrected chi connectivity index (χ2v) is 13.4. The van der Waals surface area contributed by atoms with Crippen molar-refractivity contribution in [2.45, 2.75) is 38.1 Å². The van der Waals surface area contributed by atoms with Gasteiger partial charge in [-0.05, 0) is 41.5 Å². The molecule has 1 aliphatic rings. The number of ether oxygens (including phenoxy) is 5. The van der Waals surface area contributed by atoms with Crippen LogP contribution in [0.1, 0.15) is 54.8 Å². The number of aromatic nitrogens is 3. The fraction of sp³-hybridized carbons (Fsp3) is 0.163. The highest BCUT2D eigenvalue weighted by molar-refractivity contribution is 6.32. The maximum absolute atomic E-state index is 15.3. The van der Waals surface area contributed by atoms with Crippen molar-refractivity contribution in [3.8, 4) is 11.6 Å². The van der Waals surface area contributed by atoms with Crippen molar-refractivity contribution in [3.63, 3.8) is 0 Å². The van der Waals surface area contributed by atoms with Gasteiger partial charge in [0.15, 0.2) is 5.75 Å². The average Bonchev–Trinajstić information content (AvgIpc) is 3.66. The molecule has 1 aliphatic heterocycles. The van der Waals surface area contributed by atoms with Gasteiger partial charge in [-0.2, -0.15) is 8.96 Å². The molecule has 6 aromatic rings. The van der Waals surface area contributed by atoms with Gasteiger partial charge in [0.2, 0.25) is 11.7 Å². The van der Waals surface area contributed by atoms with Gasteiger partial charge in [-0.25, -0.2) is 19.4 Å². The van der Waals surface area contributed by atoms with E-state index in [4.69, 9.17) is 35.3 Å². The minimum Gasteiger partial charge on any atom is -0.421 e. The summed E-state index contributed by atoms with van der Waals surface area (Å²) in [5.74, 6) is -4.75. The van der Waals surface area contributed by atoms with Gasteiger partial charge in [-0.15, -0.1) is 0 Å². The molecule has 294 valence electrons. The Morgan fingerprint density at radius 2 is 1.40 bits per heavy atom. The van der Waals surface area contributed by atoms with Crippen molar-refractivity contribution in [2.24, 2.45) is 0 Å². The molecule has 15 heteroatoms. The molecule has 0 amide bonds. The van der Waals surface area contributed by atoms with Crippen LogP contribution in [0.15, 0.2) is 143 Å². The van der Waals surface area contributed by atoms with E-state index in [0.717, 1.165) is 34.0 Å². The molecule has 0 saturated carbocycles. The molecule has 1 saturated heterocycles. The lowest BCUT2D eigenvalue weighted by atomic mass is 10.1. The molecule has 4 aromatic carbocycles. The molecular weight excluding hydrogens is 773 g/mol. The van der Waals surface area contributed by atoms with Crippen molar-refractivity contribution in [1.29, 1.82) is 0 Å². The summed E-state index contributed by atoms with van der Waals surface area (Å²) >= 11 is 6.16. The predicted molar refractivity (Wildman–Crippen MR) is 206 cm³/mol. The van der Waals surface area contributed by atoms with Crippen molar-refractivity contribution in [2.75, 3.05) is 6.61 Å². The minimum absolute atomic E-state index is 0.0342. The monoisotopic (exact) mass is 805 g/mol. The Morgan fingerprint density at radius 1 is 0.776 bits per heavy atom. The van der Waals surface area contributed by atoms with Gasteiger partial charge in [0.25, 0.3) is 11.5 Å². The van der Waals surface area contributed by atoms with E-state index in [1.54, 1.807) is 30.3 Å². The van der Waals surface area contributed by atoms with Crippen LogP contribution in [0.3, 0.4) is 0 Å². The molecule has 0 aliphatic carbocycles. The first-order valence-corrected chi connectivity index (χ1v) is 18.3. The molecule has 0 bridgehead atoms. The van der Waals surface area contributed by atoms with Crippen molar-refractivity contribution >= 4 is 29.4 Å². The van der Waals surface area contributed by atoms with Gasteiger partial charge in [0, 0.05) is 18.1 Å². The van der Waals surface area contributed by atoms with Gasteiger partial charge < -0.3 is 23.7 Å². The highest BCUT2D eigenvalue weighted by Crippen LogP contribution is 2.32. The number of rotatable bonds is 13. The van der Waals surface area contributed by atoms with E-state index in [2.05, 4.69) is 4.98 Å². The molecule has 7 rings (SSSR count). The van der Waals surface area contributed by atoms with E-state index in [-0.39, 0.29) is 64.2 Å². The third-order valence-electron chi connectivity index (χ3n) is 9.02. The van der Waals surface area contributed by atoms with E-state index in [9.17, 15) is 24.0 Å². The first-order chi connectivity index (χ1) is 28.1. The molecule has 0 radical (unpaired) electrons. The second kappa shape index (κ2) is 18.1. The number of hydrogen-bond acceptors (Lipinski definition) is 11. The van der Waals surface area contributed by atoms with E-state index >= 15 is 4.39 Å². The van der Waals surface area contributed by atoms with Gasteiger partial charge in [0.1, 0.15) is 17.4 Å².